The zero-order valence-electron chi connectivity index (χ0n) is 42.7. The number of para-hydroxylation sites is 1. The number of ether oxygens (including phenoxy) is 4. The van der Waals surface area contributed by atoms with Gasteiger partial charge in [0.15, 0.2) is 38.8 Å². The molecule has 71 heavy (non-hydrogen) atoms. The lowest BCUT2D eigenvalue weighted by molar-refractivity contribution is -0.889. The fourth-order valence-corrected chi connectivity index (χ4v) is 10.1. The Labute approximate surface area is 426 Å². The Morgan fingerprint density at radius 1 is 1.03 bits per heavy atom. The van der Waals surface area contributed by atoms with E-state index in [0.29, 0.717) is 71.0 Å². The molecule has 0 saturated heterocycles. The maximum absolute atomic E-state index is 15.3. The van der Waals surface area contributed by atoms with Crippen LogP contribution in [0.5, 0.6) is 5.75 Å². The number of aryl methyl sites for hydroxylation is 2. The summed E-state index contributed by atoms with van der Waals surface area (Å²) in [5.74, 6) is 5.23. The number of halogens is 1. The van der Waals surface area contributed by atoms with Crippen LogP contribution in [-0.4, -0.2) is 141 Å². The minimum atomic E-state index is -4.32. The van der Waals surface area contributed by atoms with Crippen molar-refractivity contribution in [3.8, 4) is 17.6 Å². The van der Waals surface area contributed by atoms with Gasteiger partial charge >= 0.3 is 12.1 Å². The molecule has 0 saturated carbocycles. The summed E-state index contributed by atoms with van der Waals surface area (Å²) < 4.78 is 75.0. The molecular weight excluding hydrogens is 988 g/mol. The number of nitrogens with zero attached hydrogens (tertiary/aromatic N) is 8. The Kier molecular flexibility index (Phi) is 19.9. The molecule has 0 aliphatic carbocycles. The first-order valence-electron chi connectivity index (χ1n) is 23.4. The SMILES string of the molecule is CCOC(=O)c1nc(N(C)c2cc(C)c(/N=c3\sc4ccccc4n3COCC[Si](C)(C)C)nn2)sc1CCCOc1ccc(C#CCN(CC[N+](C)(C)CCCS(=O)(=O)[O-])C(=O)OC(C)(C)C)cc1F. The number of aromatic nitrogens is 4. The average Bonchev–Trinajstić information content (AvgIpc) is 3.86. The third-order valence-corrected chi connectivity index (χ3v) is 15.5. The van der Waals surface area contributed by atoms with Gasteiger partial charge in [-0.25, -0.2) is 27.4 Å². The largest absolute Gasteiger partial charge is 0.748 e. The number of quaternary nitrogens is 1. The van der Waals surface area contributed by atoms with Gasteiger partial charge in [0.1, 0.15) is 12.3 Å². The third-order valence-electron chi connectivity index (χ3n) is 10.8. The summed E-state index contributed by atoms with van der Waals surface area (Å²) in [6, 6.07) is 15.4. The van der Waals surface area contributed by atoms with Crippen molar-refractivity contribution < 1.29 is 50.4 Å². The number of esters is 1. The molecule has 0 unspecified atom stereocenters. The van der Waals surface area contributed by atoms with Crippen LogP contribution in [0.4, 0.5) is 26.0 Å². The van der Waals surface area contributed by atoms with E-state index in [9.17, 15) is 22.6 Å². The molecule has 0 fully saturated rings. The minimum Gasteiger partial charge on any atom is -0.748 e. The summed E-state index contributed by atoms with van der Waals surface area (Å²) >= 11 is 2.88. The van der Waals surface area contributed by atoms with Crippen molar-refractivity contribution in [2.45, 2.75) is 91.9 Å². The molecule has 0 bridgehead atoms. The minimum absolute atomic E-state index is 0.00823. The summed E-state index contributed by atoms with van der Waals surface area (Å²) in [5.41, 5.74) is 1.63. The molecule has 2 aromatic carbocycles. The molecule has 0 aliphatic rings. The van der Waals surface area contributed by atoms with Crippen molar-refractivity contribution in [3.05, 3.63) is 80.8 Å². The highest BCUT2D eigenvalue weighted by Gasteiger charge is 2.26. The van der Waals surface area contributed by atoms with E-state index in [4.69, 9.17) is 23.9 Å². The van der Waals surface area contributed by atoms with Crippen LogP contribution >= 0.6 is 22.7 Å². The van der Waals surface area contributed by atoms with Gasteiger partial charge in [-0.1, -0.05) is 55.0 Å². The number of hydrogen-bond donors (Lipinski definition) is 0. The van der Waals surface area contributed by atoms with Gasteiger partial charge in [-0.05, 0) is 95.5 Å². The number of amides is 1. The number of carbonyl (C=O) groups excluding carboxylic acids is 2. The zero-order valence-corrected chi connectivity index (χ0v) is 46.1. The molecule has 0 atom stereocenters. The fourth-order valence-electron chi connectivity index (χ4n) is 6.79. The predicted molar refractivity (Wildman–Crippen MR) is 278 cm³/mol. The van der Waals surface area contributed by atoms with Crippen LogP contribution in [0.2, 0.25) is 25.7 Å². The molecule has 386 valence electrons. The molecule has 5 rings (SSSR count). The number of likely N-dealkylation sites (N-methyl/N-ethyl adjacent to an activating group) is 1. The lowest BCUT2D eigenvalue weighted by Crippen LogP contribution is -2.48. The number of fused-ring (bicyclic) bond motifs is 1. The highest BCUT2D eigenvalue weighted by molar-refractivity contribution is 7.85. The van der Waals surface area contributed by atoms with E-state index in [-0.39, 0.29) is 44.2 Å². The molecule has 17 nitrogen and oxygen atoms in total. The van der Waals surface area contributed by atoms with Crippen LogP contribution in [0.15, 0.2) is 53.5 Å². The molecule has 0 aliphatic heterocycles. The second-order valence-electron chi connectivity index (χ2n) is 19.8. The van der Waals surface area contributed by atoms with Gasteiger partial charge in [0.05, 0.1) is 73.8 Å². The average molecular weight is 1060 g/mol. The smallest absolute Gasteiger partial charge is 0.411 e. The topological polar surface area (TPSA) is 191 Å². The molecule has 1 amide bonds. The Morgan fingerprint density at radius 2 is 1.77 bits per heavy atom. The summed E-state index contributed by atoms with van der Waals surface area (Å²) in [6.45, 7) is 18.4. The Morgan fingerprint density at radius 3 is 2.45 bits per heavy atom. The molecule has 0 spiro atoms. The van der Waals surface area contributed by atoms with E-state index in [1.54, 1.807) is 57.0 Å². The molecule has 3 heterocycles. The van der Waals surface area contributed by atoms with Gasteiger partial charge < -0.3 is 32.9 Å². The van der Waals surface area contributed by atoms with Crippen molar-refractivity contribution in [1.82, 2.24) is 24.6 Å². The lowest BCUT2D eigenvalue weighted by Gasteiger charge is -2.33. The predicted octanol–water partition coefficient (Wildman–Crippen LogP) is 8.50. The molecular formula is C49H67FN8O9S3Si. The van der Waals surface area contributed by atoms with Crippen molar-refractivity contribution in [1.29, 1.82) is 0 Å². The number of hydrogen-bond acceptors (Lipinski definition) is 16. The van der Waals surface area contributed by atoms with E-state index < -0.39 is 47.4 Å². The van der Waals surface area contributed by atoms with Crippen LogP contribution in [0.3, 0.4) is 0 Å². The van der Waals surface area contributed by atoms with Gasteiger partial charge in [-0.15, -0.1) is 21.5 Å². The van der Waals surface area contributed by atoms with Crippen molar-refractivity contribution in [3.63, 3.8) is 0 Å². The lowest BCUT2D eigenvalue weighted by atomic mass is 10.2. The first-order chi connectivity index (χ1) is 33.3. The standard InChI is InChI=1S/C49H67FN8O9S3Si/c1-12-65-45(59)43-41(69-46(51-43)55(6)42-32-35(2)44(54-53-42)52-47-57(34-64-29-31-71(9,10)11)38-19-13-14-20-40(38)68-47)21-16-28-66-39-23-22-36(33-37(39)50)18-15-24-56(48(60)67-49(3,4)5)25-27-58(7,8)26-17-30-70(61,62)63/h13-14,19-20,22-23,32-33H,12,16-17,21,24-31,34H2,1-11H3/b52-47-. The first kappa shape index (κ1) is 56.6. The number of rotatable bonds is 23. The number of anilines is 2. The van der Waals surface area contributed by atoms with Gasteiger partial charge in [-0.2, -0.15) is 4.99 Å². The summed E-state index contributed by atoms with van der Waals surface area (Å²) in [7, 11) is -0.0217. The Balaban J connectivity index is 1.22. The molecule has 5 aromatic rings. The monoisotopic (exact) mass is 1050 g/mol. The second-order valence-corrected chi connectivity index (χ2v) is 29.0. The second kappa shape index (κ2) is 24.9. The molecule has 22 heteroatoms. The van der Waals surface area contributed by atoms with Crippen LogP contribution in [-0.2, 0) is 37.5 Å². The van der Waals surface area contributed by atoms with E-state index in [2.05, 4.69) is 63.4 Å². The van der Waals surface area contributed by atoms with Gasteiger partial charge in [0.25, 0.3) is 0 Å². The van der Waals surface area contributed by atoms with Crippen molar-refractivity contribution in [2.75, 3.05) is 77.8 Å². The van der Waals surface area contributed by atoms with Crippen LogP contribution in [0.25, 0.3) is 10.2 Å². The van der Waals surface area contributed by atoms with E-state index >= 15 is 4.39 Å². The van der Waals surface area contributed by atoms with Gasteiger partial charge in [0.2, 0.25) is 0 Å². The molecule has 0 radical (unpaired) electrons. The highest BCUT2D eigenvalue weighted by atomic mass is 32.2. The van der Waals surface area contributed by atoms with Crippen molar-refractivity contribution >= 4 is 79.9 Å². The highest BCUT2D eigenvalue weighted by Crippen LogP contribution is 2.32. The molecule has 3 aromatic heterocycles. The molecule has 0 N–H and O–H groups in total. The van der Waals surface area contributed by atoms with E-state index in [0.717, 1.165) is 26.6 Å². The quantitative estimate of drug-likeness (QED) is 0.0151. The summed E-state index contributed by atoms with van der Waals surface area (Å²) in [6.07, 6.45) is 0.446. The Hall–Kier alpha value is -5.28. The zero-order chi connectivity index (χ0) is 52.1. The van der Waals surface area contributed by atoms with Crippen LogP contribution in [0, 0.1) is 24.6 Å². The third kappa shape index (κ3) is 18.1. The maximum atomic E-state index is 15.3. The van der Waals surface area contributed by atoms with Gasteiger partial charge in [-0.3, -0.25) is 9.47 Å². The van der Waals surface area contributed by atoms with Crippen LogP contribution in [0.1, 0.15) is 67.0 Å². The van der Waals surface area contributed by atoms with Gasteiger partial charge in [0, 0.05) is 44.3 Å². The summed E-state index contributed by atoms with van der Waals surface area (Å²) in [5, 5.41) is 9.53. The number of carbonyl (C=O) groups is 2. The first-order valence-corrected chi connectivity index (χ1v) is 30.3. The van der Waals surface area contributed by atoms with E-state index in [1.165, 1.54) is 28.4 Å². The van der Waals surface area contributed by atoms with Crippen LogP contribution < -0.4 is 14.4 Å². The number of thiazole rings is 2. The normalized spacial score (nSPS) is 12.4. The van der Waals surface area contributed by atoms with E-state index in [1.807, 2.05) is 39.2 Å². The maximum Gasteiger partial charge on any atom is 0.411 e. The summed E-state index contributed by atoms with van der Waals surface area (Å²) in [4.78, 5) is 40.4. The number of benzene rings is 2. The van der Waals surface area contributed by atoms with Crippen molar-refractivity contribution in [2.24, 2.45) is 4.99 Å². The fraction of sp³-hybridized carbons (Fsp3) is 0.510. The Bertz CT molecular complexity index is 2880.